The minimum atomic E-state index is -0.731. The number of nitro benzene ring substituents is 1. The van der Waals surface area contributed by atoms with Crippen LogP contribution in [0.5, 0.6) is 11.5 Å². The van der Waals surface area contributed by atoms with Crippen molar-refractivity contribution in [1.29, 1.82) is 0 Å². The van der Waals surface area contributed by atoms with Gasteiger partial charge in [0.15, 0.2) is 5.75 Å². The second-order valence-electron chi connectivity index (χ2n) is 5.41. The molecule has 0 bridgehead atoms. The SMILES string of the molecule is COc1cc(/C=C/C(=O)c2cnnn2-c2ccccc2)cc([N+](=O)[O-])c1O. The number of carbonyl (C=O) groups excluding carboxylic acids is 1. The molecule has 1 N–H and O–H groups in total. The van der Waals surface area contributed by atoms with Crippen molar-refractivity contribution in [2.45, 2.75) is 0 Å². The lowest BCUT2D eigenvalue weighted by Gasteiger charge is -2.05. The average molecular weight is 366 g/mol. The highest BCUT2D eigenvalue weighted by molar-refractivity contribution is 6.05. The van der Waals surface area contributed by atoms with Gasteiger partial charge in [0.25, 0.3) is 0 Å². The van der Waals surface area contributed by atoms with Crippen molar-refractivity contribution in [3.63, 3.8) is 0 Å². The van der Waals surface area contributed by atoms with Gasteiger partial charge in [0.2, 0.25) is 11.5 Å². The van der Waals surface area contributed by atoms with Crippen molar-refractivity contribution in [1.82, 2.24) is 15.0 Å². The van der Waals surface area contributed by atoms with Gasteiger partial charge >= 0.3 is 5.69 Å². The van der Waals surface area contributed by atoms with Gasteiger partial charge in [-0.2, -0.15) is 0 Å². The number of rotatable bonds is 6. The van der Waals surface area contributed by atoms with Gasteiger partial charge in [-0.1, -0.05) is 29.5 Å². The van der Waals surface area contributed by atoms with Crippen LogP contribution in [-0.2, 0) is 0 Å². The number of phenols is 1. The first kappa shape index (κ1) is 17.8. The third kappa shape index (κ3) is 3.66. The molecule has 2 aromatic carbocycles. The van der Waals surface area contributed by atoms with Gasteiger partial charge in [-0.05, 0) is 29.8 Å². The molecule has 1 aromatic heterocycles. The van der Waals surface area contributed by atoms with E-state index in [1.807, 2.05) is 18.2 Å². The minimum absolute atomic E-state index is 0.0627. The van der Waals surface area contributed by atoms with E-state index in [0.29, 0.717) is 11.3 Å². The molecule has 136 valence electrons. The Balaban J connectivity index is 1.92. The standard InChI is InChI=1S/C18H14N4O5/c1-27-17-10-12(9-14(18(17)24)22(25)26)7-8-16(23)15-11-19-20-21(15)13-5-3-2-4-6-13/h2-11,24H,1H3/b8-7+. The van der Waals surface area contributed by atoms with Gasteiger partial charge in [0.1, 0.15) is 5.69 Å². The predicted octanol–water partition coefficient (Wildman–Crippen LogP) is 2.79. The highest BCUT2D eigenvalue weighted by atomic mass is 16.6. The molecule has 3 aromatic rings. The van der Waals surface area contributed by atoms with Crippen molar-refractivity contribution in [2.24, 2.45) is 0 Å². The van der Waals surface area contributed by atoms with Crippen LogP contribution in [0.15, 0.2) is 54.7 Å². The normalized spacial score (nSPS) is 10.9. The Bertz CT molecular complexity index is 1030. The molecular weight excluding hydrogens is 352 g/mol. The zero-order valence-electron chi connectivity index (χ0n) is 14.1. The fourth-order valence-corrected chi connectivity index (χ4v) is 2.43. The van der Waals surface area contributed by atoms with Gasteiger partial charge in [0, 0.05) is 6.07 Å². The Kier molecular flexibility index (Phi) is 4.93. The molecule has 0 fully saturated rings. The molecule has 0 aliphatic rings. The van der Waals surface area contributed by atoms with E-state index in [1.54, 1.807) is 12.1 Å². The molecule has 3 rings (SSSR count). The molecule has 1 heterocycles. The number of nitrogens with zero attached hydrogens (tertiary/aromatic N) is 4. The zero-order valence-corrected chi connectivity index (χ0v) is 14.1. The molecule has 0 radical (unpaired) electrons. The Hall–Kier alpha value is -4.01. The topological polar surface area (TPSA) is 120 Å². The van der Waals surface area contributed by atoms with E-state index in [9.17, 15) is 20.0 Å². The summed E-state index contributed by atoms with van der Waals surface area (Å²) in [6, 6.07) is 11.6. The van der Waals surface area contributed by atoms with Crippen molar-refractivity contribution < 1.29 is 19.6 Å². The zero-order chi connectivity index (χ0) is 19.4. The number of aromatic nitrogens is 3. The number of para-hydroxylation sites is 1. The van der Waals surface area contributed by atoms with Crippen molar-refractivity contribution in [3.05, 3.63) is 76.1 Å². The van der Waals surface area contributed by atoms with Gasteiger partial charge in [-0.3, -0.25) is 14.9 Å². The summed E-state index contributed by atoms with van der Waals surface area (Å²) in [6.45, 7) is 0. The number of phenolic OH excluding ortho intramolecular Hbond substituents is 1. The molecule has 0 unspecified atom stereocenters. The van der Waals surface area contributed by atoms with Crippen LogP contribution in [0.25, 0.3) is 11.8 Å². The van der Waals surface area contributed by atoms with Crippen LogP contribution >= 0.6 is 0 Å². The Labute approximate surface area is 153 Å². The van der Waals surface area contributed by atoms with E-state index in [-0.39, 0.29) is 11.4 Å². The lowest BCUT2D eigenvalue weighted by Crippen LogP contribution is -2.06. The number of allylic oxidation sites excluding steroid dienone is 1. The highest BCUT2D eigenvalue weighted by Crippen LogP contribution is 2.37. The van der Waals surface area contributed by atoms with Crippen LogP contribution in [0.2, 0.25) is 0 Å². The lowest BCUT2D eigenvalue weighted by atomic mass is 10.1. The number of benzene rings is 2. The second-order valence-corrected chi connectivity index (χ2v) is 5.41. The molecule has 0 aliphatic carbocycles. The summed E-state index contributed by atoms with van der Waals surface area (Å²) < 4.78 is 6.33. The van der Waals surface area contributed by atoms with Crippen LogP contribution in [0.4, 0.5) is 5.69 Å². The van der Waals surface area contributed by atoms with Crippen molar-refractivity contribution in [3.8, 4) is 17.2 Å². The quantitative estimate of drug-likeness (QED) is 0.308. The molecule has 9 nitrogen and oxygen atoms in total. The number of ketones is 1. The summed E-state index contributed by atoms with van der Waals surface area (Å²) in [6.07, 6.45) is 3.97. The van der Waals surface area contributed by atoms with Crippen molar-refractivity contribution in [2.75, 3.05) is 7.11 Å². The van der Waals surface area contributed by atoms with E-state index in [2.05, 4.69) is 10.3 Å². The second kappa shape index (κ2) is 7.48. The average Bonchev–Trinajstić information content (AvgIpc) is 3.17. The first-order valence-electron chi connectivity index (χ1n) is 7.75. The largest absolute Gasteiger partial charge is 0.500 e. The van der Waals surface area contributed by atoms with E-state index in [0.717, 1.165) is 6.07 Å². The van der Waals surface area contributed by atoms with E-state index in [1.165, 1.54) is 36.2 Å². The van der Waals surface area contributed by atoms with E-state index in [4.69, 9.17) is 4.74 Å². The molecule has 0 spiro atoms. The van der Waals surface area contributed by atoms with E-state index < -0.39 is 22.1 Å². The highest BCUT2D eigenvalue weighted by Gasteiger charge is 2.19. The lowest BCUT2D eigenvalue weighted by molar-refractivity contribution is -0.386. The number of hydrogen-bond acceptors (Lipinski definition) is 7. The Morgan fingerprint density at radius 1 is 1.30 bits per heavy atom. The summed E-state index contributed by atoms with van der Waals surface area (Å²) in [5.74, 6) is -1.02. The maximum absolute atomic E-state index is 12.5. The van der Waals surface area contributed by atoms with E-state index >= 15 is 0 Å². The molecule has 0 saturated carbocycles. The predicted molar refractivity (Wildman–Crippen MR) is 96.0 cm³/mol. The number of hydrogen-bond donors (Lipinski definition) is 1. The fraction of sp³-hybridized carbons (Fsp3) is 0.0556. The van der Waals surface area contributed by atoms with Crippen LogP contribution in [0.3, 0.4) is 0 Å². The summed E-state index contributed by atoms with van der Waals surface area (Å²) >= 11 is 0. The molecule has 0 atom stereocenters. The first-order valence-corrected chi connectivity index (χ1v) is 7.75. The number of carbonyl (C=O) groups is 1. The van der Waals surface area contributed by atoms with Crippen molar-refractivity contribution >= 4 is 17.5 Å². The molecule has 0 saturated heterocycles. The van der Waals surface area contributed by atoms with Gasteiger partial charge in [-0.15, -0.1) is 5.10 Å². The Morgan fingerprint density at radius 2 is 2.04 bits per heavy atom. The molecule has 0 amide bonds. The van der Waals surface area contributed by atoms with Crippen LogP contribution in [0, 0.1) is 10.1 Å². The van der Waals surface area contributed by atoms with Crippen LogP contribution in [-0.4, -0.2) is 37.9 Å². The molecule has 27 heavy (non-hydrogen) atoms. The van der Waals surface area contributed by atoms with Crippen LogP contribution < -0.4 is 4.74 Å². The summed E-state index contributed by atoms with van der Waals surface area (Å²) in [5.41, 5.74) is 0.715. The first-order chi connectivity index (χ1) is 13.0. The molecule has 9 heteroatoms. The summed E-state index contributed by atoms with van der Waals surface area (Å²) in [5, 5.41) is 28.5. The van der Waals surface area contributed by atoms with Crippen LogP contribution in [0.1, 0.15) is 16.1 Å². The third-order valence-electron chi connectivity index (χ3n) is 3.72. The van der Waals surface area contributed by atoms with Gasteiger partial charge < -0.3 is 9.84 Å². The number of methoxy groups -OCH3 is 1. The molecular formula is C18H14N4O5. The summed E-state index contributed by atoms with van der Waals surface area (Å²) in [4.78, 5) is 22.8. The number of ether oxygens (including phenoxy) is 1. The monoisotopic (exact) mass is 366 g/mol. The maximum Gasteiger partial charge on any atom is 0.315 e. The van der Waals surface area contributed by atoms with Gasteiger partial charge in [0.05, 0.1) is 23.9 Å². The number of aromatic hydroxyl groups is 1. The molecule has 0 aliphatic heterocycles. The fourth-order valence-electron chi connectivity index (χ4n) is 2.43. The third-order valence-corrected chi connectivity index (χ3v) is 3.72. The smallest absolute Gasteiger partial charge is 0.315 e. The minimum Gasteiger partial charge on any atom is -0.500 e. The maximum atomic E-state index is 12.5. The number of nitro groups is 1. The van der Waals surface area contributed by atoms with Gasteiger partial charge in [-0.25, -0.2) is 4.68 Å². The summed E-state index contributed by atoms with van der Waals surface area (Å²) in [7, 11) is 1.28. The Morgan fingerprint density at radius 3 is 2.70 bits per heavy atom.